The number of aromatic amines is 1. The minimum Gasteiger partial charge on any atom is -0.328 e. The van der Waals surface area contributed by atoms with Crippen molar-refractivity contribution in [1.29, 1.82) is 0 Å². The highest BCUT2D eigenvalue weighted by Gasteiger charge is 2.22. The van der Waals surface area contributed by atoms with E-state index >= 15 is 0 Å². The number of halogens is 5. The molecule has 1 heterocycles. The van der Waals surface area contributed by atoms with Crippen molar-refractivity contribution >= 4 is 22.5 Å². The maximum atomic E-state index is 13.7. The SMILES string of the molecule is C[C@H](c1c[nH]c(=O)c2cc(F)c(F)cc12)N(C)C(=O)Nc1cc(F)c(F)c(F)c1. The van der Waals surface area contributed by atoms with Gasteiger partial charge in [-0.3, -0.25) is 4.79 Å². The Labute approximate surface area is 160 Å². The topological polar surface area (TPSA) is 65.2 Å². The molecule has 0 radical (unpaired) electrons. The van der Waals surface area contributed by atoms with Crippen molar-refractivity contribution in [2.45, 2.75) is 13.0 Å². The number of urea groups is 1. The summed E-state index contributed by atoms with van der Waals surface area (Å²) in [5.41, 5.74) is -0.656. The monoisotopic (exact) mass is 411 g/mol. The molecule has 3 aromatic rings. The molecule has 0 saturated heterocycles. The summed E-state index contributed by atoms with van der Waals surface area (Å²) >= 11 is 0. The van der Waals surface area contributed by atoms with E-state index in [1.54, 1.807) is 6.92 Å². The number of carbonyl (C=O) groups is 1. The average Bonchev–Trinajstić information content (AvgIpc) is 2.66. The number of rotatable bonds is 3. The van der Waals surface area contributed by atoms with Gasteiger partial charge in [-0.1, -0.05) is 0 Å². The van der Waals surface area contributed by atoms with Gasteiger partial charge in [0, 0.05) is 31.1 Å². The van der Waals surface area contributed by atoms with Crippen molar-refractivity contribution in [3.63, 3.8) is 0 Å². The van der Waals surface area contributed by atoms with Crippen LogP contribution in [0.1, 0.15) is 18.5 Å². The third-order valence-electron chi connectivity index (χ3n) is 4.56. The number of nitrogens with zero attached hydrogens (tertiary/aromatic N) is 1. The Morgan fingerprint density at radius 3 is 2.10 bits per heavy atom. The Hall–Kier alpha value is -3.43. The summed E-state index contributed by atoms with van der Waals surface area (Å²) in [6.45, 7) is 1.54. The Kier molecular flexibility index (Phi) is 5.27. The van der Waals surface area contributed by atoms with Gasteiger partial charge in [-0.2, -0.15) is 0 Å². The van der Waals surface area contributed by atoms with Gasteiger partial charge in [0.05, 0.1) is 11.4 Å². The molecule has 2 aromatic carbocycles. The van der Waals surface area contributed by atoms with Crippen LogP contribution in [-0.2, 0) is 0 Å². The molecule has 10 heteroatoms. The maximum Gasteiger partial charge on any atom is 0.322 e. The summed E-state index contributed by atoms with van der Waals surface area (Å²) in [4.78, 5) is 27.8. The first-order valence-corrected chi connectivity index (χ1v) is 8.28. The second-order valence-electron chi connectivity index (χ2n) is 6.36. The Morgan fingerprint density at radius 1 is 0.966 bits per heavy atom. The van der Waals surface area contributed by atoms with E-state index in [2.05, 4.69) is 10.3 Å². The van der Waals surface area contributed by atoms with Crippen molar-refractivity contribution in [3.8, 4) is 0 Å². The zero-order chi connectivity index (χ0) is 21.5. The van der Waals surface area contributed by atoms with E-state index in [0.29, 0.717) is 17.7 Å². The summed E-state index contributed by atoms with van der Waals surface area (Å²) in [7, 11) is 1.34. The van der Waals surface area contributed by atoms with Crippen molar-refractivity contribution in [2.24, 2.45) is 0 Å². The van der Waals surface area contributed by atoms with Crippen LogP contribution in [0.3, 0.4) is 0 Å². The molecular weight excluding hydrogens is 397 g/mol. The molecule has 29 heavy (non-hydrogen) atoms. The first kappa shape index (κ1) is 20.3. The fourth-order valence-electron chi connectivity index (χ4n) is 2.84. The number of aromatic nitrogens is 1. The minimum absolute atomic E-state index is 0.0960. The van der Waals surface area contributed by atoms with Gasteiger partial charge in [-0.25, -0.2) is 26.7 Å². The highest BCUT2D eigenvalue weighted by atomic mass is 19.2. The molecule has 0 fully saturated rings. The number of fused-ring (bicyclic) bond motifs is 1. The molecule has 2 amide bonds. The molecule has 0 saturated carbocycles. The Morgan fingerprint density at radius 2 is 1.52 bits per heavy atom. The van der Waals surface area contributed by atoms with Gasteiger partial charge >= 0.3 is 6.03 Å². The number of hydrogen-bond donors (Lipinski definition) is 2. The first-order valence-electron chi connectivity index (χ1n) is 8.28. The normalized spacial score (nSPS) is 12.1. The van der Waals surface area contributed by atoms with Crippen molar-refractivity contribution in [3.05, 3.63) is 75.5 Å². The molecule has 5 nitrogen and oxygen atoms in total. The predicted octanol–water partition coefficient (Wildman–Crippen LogP) is 4.45. The molecule has 152 valence electrons. The molecule has 0 unspecified atom stereocenters. The van der Waals surface area contributed by atoms with Crippen LogP contribution in [0.5, 0.6) is 0 Å². The number of benzene rings is 2. The van der Waals surface area contributed by atoms with Gasteiger partial charge in [-0.15, -0.1) is 0 Å². The smallest absolute Gasteiger partial charge is 0.322 e. The first-order chi connectivity index (χ1) is 13.6. The van der Waals surface area contributed by atoms with Gasteiger partial charge in [0.15, 0.2) is 29.1 Å². The third kappa shape index (κ3) is 3.78. The molecule has 2 N–H and O–H groups in total. The van der Waals surface area contributed by atoms with Crippen LogP contribution in [-0.4, -0.2) is 23.0 Å². The van der Waals surface area contributed by atoms with Gasteiger partial charge in [0.2, 0.25) is 0 Å². The van der Waals surface area contributed by atoms with Crippen LogP contribution in [0.15, 0.2) is 35.3 Å². The molecule has 0 spiro atoms. The number of H-pyrrole nitrogens is 1. The number of nitrogens with one attached hydrogen (secondary N) is 2. The number of hydrogen-bond acceptors (Lipinski definition) is 2. The minimum atomic E-state index is -1.67. The lowest BCUT2D eigenvalue weighted by Crippen LogP contribution is -2.34. The molecular formula is C19H14F5N3O2. The Bertz CT molecular complexity index is 1160. The van der Waals surface area contributed by atoms with E-state index < -0.39 is 46.7 Å². The van der Waals surface area contributed by atoms with Gasteiger partial charge < -0.3 is 15.2 Å². The second-order valence-corrected chi connectivity index (χ2v) is 6.36. The van der Waals surface area contributed by atoms with Crippen LogP contribution in [0.25, 0.3) is 10.8 Å². The van der Waals surface area contributed by atoms with Crippen LogP contribution in [0.2, 0.25) is 0 Å². The Balaban J connectivity index is 1.93. The van der Waals surface area contributed by atoms with Crippen molar-refractivity contribution < 1.29 is 26.7 Å². The number of carbonyl (C=O) groups excluding carboxylic acids is 1. The van der Waals surface area contributed by atoms with E-state index in [-0.39, 0.29) is 16.5 Å². The zero-order valence-corrected chi connectivity index (χ0v) is 15.1. The van der Waals surface area contributed by atoms with E-state index in [0.717, 1.165) is 17.0 Å². The number of pyridine rings is 1. The predicted molar refractivity (Wildman–Crippen MR) is 96.0 cm³/mol. The zero-order valence-electron chi connectivity index (χ0n) is 15.1. The number of amides is 2. The fraction of sp³-hybridized carbons (Fsp3) is 0.158. The fourth-order valence-corrected chi connectivity index (χ4v) is 2.84. The lowest BCUT2D eigenvalue weighted by molar-refractivity contribution is 0.208. The summed E-state index contributed by atoms with van der Waals surface area (Å²) in [5, 5.41) is 2.20. The van der Waals surface area contributed by atoms with Gasteiger partial charge in [0.25, 0.3) is 5.56 Å². The highest BCUT2D eigenvalue weighted by molar-refractivity contribution is 5.90. The van der Waals surface area contributed by atoms with Gasteiger partial charge in [0.1, 0.15) is 0 Å². The molecule has 3 rings (SSSR count). The molecule has 1 atom stereocenters. The second kappa shape index (κ2) is 7.53. The molecule has 0 aliphatic carbocycles. The summed E-state index contributed by atoms with van der Waals surface area (Å²) in [6.07, 6.45) is 1.26. The van der Waals surface area contributed by atoms with Gasteiger partial charge in [-0.05, 0) is 30.0 Å². The third-order valence-corrected chi connectivity index (χ3v) is 4.56. The van der Waals surface area contributed by atoms with Crippen LogP contribution in [0, 0.1) is 29.1 Å². The highest BCUT2D eigenvalue weighted by Crippen LogP contribution is 2.27. The van der Waals surface area contributed by atoms with E-state index in [9.17, 15) is 31.5 Å². The number of anilines is 1. The van der Waals surface area contributed by atoms with Crippen LogP contribution >= 0.6 is 0 Å². The summed E-state index contributed by atoms with van der Waals surface area (Å²) in [5.74, 6) is -6.97. The average molecular weight is 411 g/mol. The van der Waals surface area contributed by atoms with Crippen molar-refractivity contribution in [1.82, 2.24) is 9.88 Å². The van der Waals surface area contributed by atoms with E-state index in [4.69, 9.17) is 0 Å². The van der Waals surface area contributed by atoms with Crippen molar-refractivity contribution in [2.75, 3.05) is 12.4 Å². The van der Waals surface area contributed by atoms with Crippen LogP contribution in [0.4, 0.5) is 32.4 Å². The molecule has 0 bridgehead atoms. The largest absolute Gasteiger partial charge is 0.328 e. The van der Waals surface area contributed by atoms with E-state index in [1.807, 2.05) is 0 Å². The molecule has 1 aromatic heterocycles. The summed E-state index contributed by atoms with van der Waals surface area (Å²) < 4.78 is 66.9. The van der Waals surface area contributed by atoms with E-state index in [1.165, 1.54) is 13.2 Å². The lowest BCUT2D eigenvalue weighted by Gasteiger charge is -2.26. The lowest BCUT2D eigenvalue weighted by atomic mass is 10.0. The summed E-state index contributed by atoms with van der Waals surface area (Å²) in [6, 6.07) is 1.25. The standard InChI is InChI=1S/C19H14F5N3O2/c1-8(12-7-25-18(28)11-6-14(21)13(20)5-10(11)12)27(2)19(29)26-9-3-15(22)17(24)16(23)4-9/h3-8H,1-2H3,(H,25,28)(H,26,29)/t8-/m1/s1. The molecule has 0 aliphatic rings. The quantitative estimate of drug-likeness (QED) is 0.494. The van der Waals surface area contributed by atoms with Crippen LogP contribution < -0.4 is 10.9 Å². The molecule has 0 aliphatic heterocycles. The maximum absolute atomic E-state index is 13.7.